The maximum atomic E-state index is 12.7. The van der Waals surface area contributed by atoms with E-state index in [2.05, 4.69) is 4.74 Å². The van der Waals surface area contributed by atoms with Gasteiger partial charge in [0.2, 0.25) is 0 Å². The molecule has 0 spiro atoms. The van der Waals surface area contributed by atoms with Crippen molar-refractivity contribution < 1.29 is 33.3 Å². The van der Waals surface area contributed by atoms with E-state index < -0.39 is 5.97 Å². The summed E-state index contributed by atoms with van der Waals surface area (Å²) in [6.07, 6.45) is 3.10. The number of fused-ring (bicyclic) bond motifs is 1. The number of carbonyl (C=O) groups is 2. The van der Waals surface area contributed by atoms with E-state index in [1.54, 1.807) is 36.4 Å². The summed E-state index contributed by atoms with van der Waals surface area (Å²) in [6, 6.07) is 10.2. The number of ether oxygens (including phenoxy) is 5. The summed E-state index contributed by atoms with van der Waals surface area (Å²) in [4.78, 5) is 24.0. The summed E-state index contributed by atoms with van der Waals surface area (Å²) < 4.78 is 26.2. The molecule has 0 aliphatic carbocycles. The first-order valence-corrected chi connectivity index (χ1v) is 8.60. The molecule has 0 amide bonds. The number of allylic oxidation sites excluding steroid dienone is 1. The van der Waals surface area contributed by atoms with Crippen molar-refractivity contribution >= 4 is 17.8 Å². The molecule has 1 heterocycles. The molecule has 0 fully saturated rings. The molecule has 2 aromatic carbocycles. The Labute approximate surface area is 162 Å². The Balaban J connectivity index is 1.79. The number of methoxy groups -OCH3 is 2. The first-order valence-electron chi connectivity index (χ1n) is 8.60. The van der Waals surface area contributed by atoms with Crippen molar-refractivity contribution in [1.29, 1.82) is 0 Å². The van der Waals surface area contributed by atoms with Crippen LogP contribution in [0.3, 0.4) is 0 Å². The number of esters is 1. The van der Waals surface area contributed by atoms with Crippen molar-refractivity contribution in [2.75, 3.05) is 34.0 Å². The smallest absolute Gasteiger partial charge is 0.343 e. The Kier molecular flexibility index (Phi) is 6.16. The molecule has 0 unspecified atom stereocenters. The van der Waals surface area contributed by atoms with Crippen LogP contribution in [-0.2, 0) is 9.53 Å². The fraction of sp³-hybridized carbons (Fsp3) is 0.238. The van der Waals surface area contributed by atoms with Crippen LogP contribution in [0.4, 0.5) is 0 Å². The van der Waals surface area contributed by atoms with Crippen molar-refractivity contribution in [2.24, 2.45) is 0 Å². The molecule has 0 saturated heterocycles. The molecule has 1 aliphatic rings. The van der Waals surface area contributed by atoms with Crippen molar-refractivity contribution in [3.05, 3.63) is 53.6 Å². The highest BCUT2D eigenvalue weighted by atomic mass is 16.6. The molecule has 0 N–H and O–H groups in total. The van der Waals surface area contributed by atoms with Crippen LogP contribution < -0.4 is 18.9 Å². The summed E-state index contributed by atoms with van der Waals surface area (Å²) in [7, 11) is 2.77. The van der Waals surface area contributed by atoms with Gasteiger partial charge in [0.15, 0.2) is 23.9 Å². The van der Waals surface area contributed by atoms with E-state index in [1.807, 2.05) is 6.07 Å². The third-order valence-electron chi connectivity index (χ3n) is 4.02. The van der Waals surface area contributed by atoms with E-state index >= 15 is 0 Å². The van der Waals surface area contributed by atoms with Crippen molar-refractivity contribution in [3.8, 4) is 23.0 Å². The lowest BCUT2D eigenvalue weighted by atomic mass is 10.1. The molecule has 7 heteroatoms. The zero-order chi connectivity index (χ0) is 19.9. The highest BCUT2D eigenvalue weighted by Gasteiger charge is 2.14. The van der Waals surface area contributed by atoms with Gasteiger partial charge in [-0.15, -0.1) is 0 Å². The number of carbonyl (C=O) groups excluding carboxylic acids is 2. The molecule has 0 radical (unpaired) electrons. The van der Waals surface area contributed by atoms with Gasteiger partial charge in [-0.25, -0.2) is 4.79 Å². The molecule has 0 aromatic heterocycles. The van der Waals surface area contributed by atoms with Crippen LogP contribution in [0.15, 0.2) is 42.5 Å². The molecule has 1 aliphatic heterocycles. The zero-order valence-corrected chi connectivity index (χ0v) is 15.6. The Morgan fingerprint density at radius 3 is 2.57 bits per heavy atom. The van der Waals surface area contributed by atoms with Crippen molar-refractivity contribution in [1.82, 2.24) is 0 Å². The number of hydrogen-bond donors (Lipinski definition) is 0. The molecule has 7 nitrogen and oxygen atoms in total. The average Bonchev–Trinajstić information content (AvgIpc) is 2.75. The minimum absolute atomic E-state index is 0.238. The minimum atomic E-state index is -0.548. The molecule has 146 valence electrons. The standard InChI is InChI=1S/C21H20O7/c1-24-15-5-6-16(19(12-15)28-13-21(23)25-2)17(22)7-3-14-4-8-18-20(11-14)27-10-9-26-18/h3-8,11-12H,9-10,13H2,1-2H3/b7-3+. The van der Waals surface area contributed by atoms with E-state index in [4.69, 9.17) is 18.9 Å². The second-order valence-electron chi connectivity index (χ2n) is 5.83. The first-order chi connectivity index (χ1) is 13.6. The Morgan fingerprint density at radius 1 is 1.04 bits per heavy atom. The fourth-order valence-electron chi connectivity index (χ4n) is 2.57. The Morgan fingerprint density at radius 2 is 1.82 bits per heavy atom. The SMILES string of the molecule is COC(=O)COc1cc(OC)ccc1C(=O)/C=C/c1ccc2c(c1)OCCO2. The third kappa shape index (κ3) is 4.62. The lowest BCUT2D eigenvalue weighted by Gasteiger charge is -2.18. The number of ketones is 1. The molecule has 3 rings (SSSR count). The highest BCUT2D eigenvalue weighted by molar-refractivity contribution is 6.08. The van der Waals surface area contributed by atoms with Gasteiger partial charge >= 0.3 is 5.97 Å². The van der Waals surface area contributed by atoms with Crippen molar-refractivity contribution in [3.63, 3.8) is 0 Å². The second kappa shape index (κ2) is 8.94. The normalized spacial score (nSPS) is 12.5. The lowest BCUT2D eigenvalue weighted by molar-refractivity contribution is -0.142. The largest absolute Gasteiger partial charge is 0.497 e. The van der Waals surface area contributed by atoms with Gasteiger partial charge in [0.1, 0.15) is 24.7 Å². The van der Waals surface area contributed by atoms with Crippen LogP contribution >= 0.6 is 0 Å². The summed E-state index contributed by atoms with van der Waals surface area (Å²) in [5.41, 5.74) is 1.10. The highest BCUT2D eigenvalue weighted by Crippen LogP contribution is 2.31. The molecule has 0 bridgehead atoms. The molecule has 2 aromatic rings. The predicted molar refractivity (Wildman–Crippen MR) is 101 cm³/mol. The maximum Gasteiger partial charge on any atom is 0.343 e. The number of benzene rings is 2. The van der Waals surface area contributed by atoms with E-state index in [0.717, 1.165) is 5.56 Å². The van der Waals surface area contributed by atoms with E-state index in [1.165, 1.54) is 20.3 Å². The van der Waals surface area contributed by atoms with Gasteiger partial charge in [-0.1, -0.05) is 12.1 Å². The summed E-state index contributed by atoms with van der Waals surface area (Å²) in [6.45, 7) is 0.703. The van der Waals surface area contributed by atoms with Gasteiger partial charge in [-0.3, -0.25) is 4.79 Å². The molecular formula is C21H20O7. The molecule has 28 heavy (non-hydrogen) atoms. The maximum absolute atomic E-state index is 12.7. The topological polar surface area (TPSA) is 80.3 Å². The fourth-order valence-corrected chi connectivity index (χ4v) is 2.57. The van der Waals surface area contributed by atoms with E-state index in [0.29, 0.717) is 36.0 Å². The van der Waals surface area contributed by atoms with Gasteiger partial charge < -0.3 is 23.7 Å². The van der Waals surface area contributed by atoms with Gasteiger partial charge in [0, 0.05) is 6.07 Å². The molecule has 0 saturated carbocycles. The van der Waals surface area contributed by atoms with Crippen LogP contribution in [0.1, 0.15) is 15.9 Å². The quantitative estimate of drug-likeness (QED) is 0.412. The van der Waals surface area contributed by atoms with Gasteiger partial charge in [0.25, 0.3) is 0 Å². The second-order valence-corrected chi connectivity index (χ2v) is 5.83. The summed E-state index contributed by atoms with van der Waals surface area (Å²) in [5.74, 6) is 1.25. The average molecular weight is 384 g/mol. The minimum Gasteiger partial charge on any atom is -0.497 e. The van der Waals surface area contributed by atoms with Crippen LogP contribution in [0, 0.1) is 0 Å². The monoisotopic (exact) mass is 384 g/mol. The third-order valence-corrected chi connectivity index (χ3v) is 4.02. The summed E-state index contributed by atoms with van der Waals surface area (Å²) in [5, 5.41) is 0. The lowest BCUT2D eigenvalue weighted by Crippen LogP contribution is -2.15. The molecule has 0 atom stereocenters. The van der Waals surface area contributed by atoms with Crippen LogP contribution in [0.5, 0.6) is 23.0 Å². The van der Waals surface area contributed by atoms with E-state index in [9.17, 15) is 9.59 Å². The molecular weight excluding hydrogens is 364 g/mol. The van der Waals surface area contributed by atoms with Gasteiger partial charge in [-0.2, -0.15) is 0 Å². The van der Waals surface area contributed by atoms with Crippen LogP contribution in [0.25, 0.3) is 6.08 Å². The van der Waals surface area contributed by atoms with Gasteiger partial charge in [0.05, 0.1) is 19.8 Å². The van der Waals surface area contributed by atoms with Crippen LogP contribution in [-0.4, -0.2) is 45.8 Å². The Hall–Kier alpha value is -3.48. The van der Waals surface area contributed by atoms with Crippen LogP contribution in [0.2, 0.25) is 0 Å². The first kappa shape index (κ1) is 19.3. The zero-order valence-electron chi connectivity index (χ0n) is 15.6. The number of hydrogen-bond acceptors (Lipinski definition) is 7. The van der Waals surface area contributed by atoms with Gasteiger partial charge in [-0.05, 0) is 35.9 Å². The Bertz CT molecular complexity index is 902. The number of rotatable bonds is 7. The van der Waals surface area contributed by atoms with Crippen molar-refractivity contribution in [2.45, 2.75) is 0 Å². The van der Waals surface area contributed by atoms with E-state index in [-0.39, 0.29) is 18.1 Å². The predicted octanol–water partition coefficient (Wildman–Crippen LogP) is 2.91. The summed E-state index contributed by atoms with van der Waals surface area (Å²) >= 11 is 0.